The summed E-state index contributed by atoms with van der Waals surface area (Å²) in [5, 5.41) is 0.516. The van der Waals surface area contributed by atoms with E-state index in [-0.39, 0.29) is 20.6 Å². The Hall–Kier alpha value is -3.66. The zero-order valence-corrected chi connectivity index (χ0v) is 16.2. The van der Waals surface area contributed by atoms with Crippen LogP contribution < -0.4 is 10.4 Å². The Morgan fingerprint density at radius 1 is 1.20 bits per heavy atom. The van der Waals surface area contributed by atoms with Gasteiger partial charge in [0.1, 0.15) is 23.5 Å². The predicted molar refractivity (Wildman–Crippen MR) is 104 cm³/mol. The molecule has 30 heavy (non-hydrogen) atoms. The number of halogens is 2. The van der Waals surface area contributed by atoms with E-state index in [1.165, 1.54) is 6.07 Å². The molecule has 2 aromatic carbocycles. The average Bonchev–Trinajstić information content (AvgIpc) is 3.03. The van der Waals surface area contributed by atoms with Crippen molar-refractivity contribution in [3.05, 3.63) is 74.9 Å². The minimum Gasteiger partial charge on any atom is -0.468 e. The van der Waals surface area contributed by atoms with Crippen molar-refractivity contribution < 1.29 is 27.5 Å². The van der Waals surface area contributed by atoms with Gasteiger partial charge in [0, 0.05) is 11.5 Å². The number of ether oxygens (including phenoxy) is 1. The number of thiazole rings is 1. The van der Waals surface area contributed by atoms with E-state index < -0.39 is 35.7 Å². The van der Waals surface area contributed by atoms with Crippen LogP contribution in [-0.4, -0.2) is 23.6 Å². The Bertz CT molecular complexity index is 1450. The van der Waals surface area contributed by atoms with Gasteiger partial charge in [-0.3, -0.25) is 9.59 Å². The van der Waals surface area contributed by atoms with Crippen LogP contribution in [0.4, 0.5) is 8.78 Å². The van der Waals surface area contributed by atoms with Crippen molar-refractivity contribution >= 4 is 44.4 Å². The van der Waals surface area contributed by atoms with E-state index in [2.05, 4.69) is 9.73 Å². The van der Waals surface area contributed by atoms with Gasteiger partial charge < -0.3 is 13.7 Å². The number of hydrogen-bond donors (Lipinski definition) is 0. The molecule has 2 heterocycles. The third-order valence-corrected chi connectivity index (χ3v) is 5.30. The maximum absolute atomic E-state index is 14.4. The zero-order valence-electron chi connectivity index (χ0n) is 15.3. The van der Waals surface area contributed by atoms with Crippen LogP contribution in [0, 0.1) is 11.6 Å². The summed E-state index contributed by atoms with van der Waals surface area (Å²) in [4.78, 5) is 40.5. The van der Waals surface area contributed by atoms with Gasteiger partial charge in [0.2, 0.25) is 0 Å². The molecule has 0 saturated heterocycles. The number of esters is 1. The maximum Gasteiger partial charge on any atom is 0.349 e. The number of rotatable bonds is 3. The van der Waals surface area contributed by atoms with Crippen LogP contribution in [0.25, 0.3) is 21.2 Å². The highest BCUT2D eigenvalue weighted by molar-refractivity contribution is 7.16. The molecular formula is C20H12F2N2O5S. The summed E-state index contributed by atoms with van der Waals surface area (Å²) in [6, 6.07) is 9.68. The van der Waals surface area contributed by atoms with Crippen LogP contribution in [0.2, 0.25) is 0 Å². The van der Waals surface area contributed by atoms with E-state index in [1.54, 1.807) is 24.3 Å². The van der Waals surface area contributed by atoms with Crippen molar-refractivity contribution in [1.82, 2.24) is 4.57 Å². The van der Waals surface area contributed by atoms with Gasteiger partial charge in [-0.1, -0.05) is 29.5 Å². The number of aromatic nitrogens is 1. The smallest absolute Gasteiger partial charge is 0.349 e. The van der Waals surface area contributed by atoms with Crippen molar-refractivity contribution in [3.8, 4) is 0 Å². The highest BCUT2D eigenvalue weighted by atomic mass is 32.1. The molecule has 10 heteroatoms. The first-order valence-corrected chi connectivity index (χ1v) is 9.36. The molecule has 0 aliphatic carbocycles. The maximum atomic E-state index is 14.4. The number of methoxy groups -OCH3 is 1. The number of hydrogen-bond acceptors (Lipinski definition) is 6. The molecule has 0 unspecified atom stereocenters. The second-order valence-corrected chi connectivity index (χ2v) is 7.19. The highest BCUT2D eigenvalue weighted by Crippen LogP contribution is 2.22. The summed E-state index contributed by atoms with van der Waals surface area (Å²) in [6.45, 7) is -0.461. The first-order valence-electron chi connectivity index (χ1n) is 8.54. The van der Waals surface area contributed by atoms with Gasteiger partial charge in [-0.15, -0.1) is 0 Å². The topological polar surface area (TPSA) is 90.9 Å². The quantitative estimate of drug-likeness (QED) is 0.368. The van der Waals surface area contributed by atoms with Crippen molar-refractivity contribution in [2.24, 2.45) is 4.99 Å². The van der Waals surface area contributed by atoms with Gasteiger partial charge in [-0.2, -0.15) is 4.99 Å². The molecule has 0 aliphatic rings. The average molecular weight is 430 g/mol. The first-order chi connectivity index (χ1) is 14.4. The van der Waals surface area contributed by atoms with Crippen LogP contribution in [0.5, 0.6) is 0 Å². The van der Waals surface area contributed by atoms with E-state index in [0.29, 0.717) is 17.0 Å². The number of carbonyl (C=O) groups excluding carboxylic acids is 2. The lowest BCUT2D eigenvalue weighted by Crippen LogP contribution is -2.24. The van der Waals surface area contributed by atoms with E-state index in [9.17, 15) is 23.2 Å². The molecular weight excluding hydrogens is 418 g/mol. The minimum absolute atomic E-state index is 0.0996. The van der Waals surface area contributed by atoms with Crippen molar-refractivity contribution in [2.75, 3.05) is 7.11 Å². The molecule has 7 nitrogen and oxygen atoms in total. The van der Waals surface area contributed by atoms with Crippen LogP contribution in [0.15, 0.2) is 56.7 Å². The number of benzene rings is 2. The number of para-hydroxylation sites is 1. The van der Waals surface area contributed by atoms with Crippen LogP contribution >= 0.6 is 11.3 Å². The molecule has 0 aliphatic heterocycles. The number of amides is 1. The summed E-state index contributed by atoms with van der Waals surface area (Å²) in [6.07, 6.45) is 0. The van der Waals surface area contributed by atoms with Crippen molar-refractivity contribution in [1.29, 1.82) is 0 Å². The Morgan fingerprint density at radius 3 is 2.73 bits per heavy atom. The third kappa shape index (κ3) is 3.52. The predicted octanol–water partition coefficient (Wildman–Crippen LogP) is 3.00. The van der Waals surface area contributed by atoms with Gasteiger partial charge in [-0.05, 0) is 18.2 Å². The van der Waals surface area contributed by atoms with Gasteiger partial charge >= 0.3 is 11.6 Å². The molecule has 0 atom stereocenters. The standard InChI is InChI=1S/C20H12F2N2O5S/c1-28-16(25)9-24-17-13(22)7-11(21)8-15(17)30-20(24)23-18(26)12-6-10-4-2-3-5-14(10)29-19(12)27/h2-8H,9H2,1H3. The van der Waals surface area contributed by atoms with Gasteiger partial charge in [0.25, 0.3) is 5.91 Å². The van der Waals surface area contributed by atoms with Crippen LogP contribution in [-0.2, 0) is 16.1 Å². The Labute approximate surface area is 170 Å². The lowest BCUT2D eigenvalue weighted by atomic mass is 10.2. The molecule has 1 amide bonds. The molecule has 2 aromatic heterocycles. The largest absolute Gasteiger partial charge is 0.468 e. The molecule has 4 aromatic rings. The summed E-state index contributed by atoms with van der Waals surface area (Å²) in [7, 11) is 1.15. The monoisotopic (exact) mass is 430 g/mol. The number of nitrogens with zero attached hydrogens (tertiary/aromatic N) is 2. The Kier molecular flexibility index (Phi) is 5.00. The fraction of sp³-hybridized carbons (Fsp3) is 0.100. The molecule has 0 spiro atoms. The minimum atomic E-state index is -0.944. The van der Waals surface area contributed by atoms with E-state index in [0.717, 1.165) is 29.1 Å². The molecule has 0 saturated carbocycles. The first kappa shape index (κ1) is 19.6. The van der Waals surface area contributed by atoms with Gasteiger partial charge in [-0.25, -0.2) is 13.6 Å². The van der Waals surface area contributed by atoms with Crippen molar-refractivity contribution in [2.45, 2.75) is 6.54 Å². The highest BCUT2D eigenvalue weighted by Gasteiger charge is 2.18. The van der Waals surface area contributed by atoms with Gasteiger partial charge in [0.05, 0.1) is 17.3 Å². The summed E-state index contributed by atoms with van der Waals surface area (Å²) >= 11 is 0.792. The van der Waals surface area contributed by atoms with E-state index in [4.69, 9.17) is 4.42 Å². The second-order valence-electron chi connectivity index (χ2n) is 6.18. The van der Waals surface area contributed by atoms with E-state index >= 15 is 0 Å². The number of fused-ring (bicyclic) bond motifs is 2. The molecule has 0 bridgehead atoms. The van der Waals surface area contributed by atoms with E-state index in [1.807, 2.05) is 0 Å². The third-order valence-electron chi connectivity index (χ3n) is 4.28. The number of carbonyl (C=O) groups is 2. The fourth-order valence-electron chi connectivity index (χ4n) is 2.91. The zero-order chi connectivity index (χ0) is 21.4. The van der Waals surface area contributed by atoms with Gasteiger partial charge in [0.15, 0.2) is 10.6 Å². The summed E-state index contributed by atoms with van der Waals surface area (Å²) in [5.41, 5.74) is -1.02. The SMILES string of the molecule is COC(=O)Cn1c(=NC(=O)c2cc3ccccc3oc2=O)sc2cc(F)cc(F)c21. The fourth-order valence-corrected chi connectivity index (χ4v) is 3.98. The lowest BCUT2D eigenvalue weighted by Gasteiger charge is -2.04. The summed E-state index contributed by atoms with van der Waals surface area (Å²) in [5.74, 6) is -3.41. The van der Waals surface area contributed by atoms with Crippen LogP contribution in [0.1, 0.15) is 10.4 Å². The van der Waals surface area contributed by atoms with Crippen LogP contribution in [0.3, 0.4) is 0 Å². The lowest BCUT2D eigenvalue weighted by molar-refractivity contribution is -0.141. The Balaban J connectivity index is 1.92. The molecule has 0 fully saturated rings. The van der Waals surface area contributed by atoms with Crippen molar-refractivity contribution in [3.63, 3.8) is 0 Å². The molecule has 0 N–H and O–H groups in total. The second kappa shape index (κ2) is 7.64. The molecule has 0 radical (unpaired) electrons. The molecule has 4 rings (SSSR count). The normalized spacial score (nSPS) is 11.9. The molecule has 152 valence electrons. The summed E-state index contributed by atoms with van der Waals surface area (Å²) < 4.78 is 39.0. The Morgan fingerprint density at radius 2 is 1.97 bits per heavy atom.